The minimum atomic E-state index is 0. The topological polar surface area (TPSA) is 84.7 Å². The Balaban J connectivity index is 0.00000231. The average Bonchev–Trinajstić information content (AvgIpc) is 3.27. The number of hydrogen-bond acceptors (Lipinski definition) is 7. The van der Waals surface area contributed by atoms with Crippen LogP contribution in [0.5, 0.6) is 5.75 Å². The monoisotopic (exact) mass is 442 g/mol. The Morgan fingerprint density at radius 1 is 1.13 bits per heavy atom. The van der Waals surface area contributed by atoms with Gasteiger partial charge in [-0.1, -0.05) is 5.16 Å². The van der Waals surface area contributed by atoms with Crippen molar-refractivity contribution in [1.29, 1.82) is 0 Å². The molecule has 1 aliphatic rings. The van der Waals surface area contributed by atoms with Crippen molar-refractivity contribution in [2.24, 2.45) is 5.16 Å². The normalized spacial score (nSPS) is 15.3. The van der Waals surface area contributed by atoms with Gasteiger partial charge >= 0.3 is 0 Å². The van der Waals surface area contributed by atoms with Crippen LogP contribution in [0.4, 0.5) is 0 Å². The number of ether oxygens (including phenoxy) is 2. The van der Waals surface area contributed by atoms with Crippen LogP contribution in [0.15, 0.2) is 64.6 Å². The van der Waals surface area contributed by atoms with E-state index in [4.69, 9.17) is 13.9 Å². The predicted molar refractivity (Wildman–Crippen MR) is 118 cm³/mol. The summed E-state index contributed by atoms with van der Waals surface area (Å²) in [4.78, 5) is 6.77. The van der Waals surface area contributed by atoms with Crippen molar-refractivity contribution in [3.05, 3.63) is 60.3 Å². The summed E-state index contributed by atoms with van der Waals surface area (Å²) in [6.45, 7) is 4.83. The van der Waals surface area contributed by atoms with Gasteiger partial charge in [0.1, 0.15) is 29.0 Å². The van der Waals surface area contributed by atoms with Crippen LogP contribution >= 0.6 is 12.4 Å². The first-order valence-corrected chi connectivity index (χ1v) is 9.92. The van der Waals surface area contributed by atoms with Crippen LogP contribution in [0.2, 0.25) is 0 Å². The summed E-state index contributed by atoms with van der Waals surface area (Å²) in [5.41, 5.74) is 2.23. The fourth-order valence-electron chi connectivity index (χ4n) is 3.64. The van der Waals surface area contributed by atoms with E-state index in [0.29, 0.717) is 40.1 Å². The van der Waals surface area contributed by atoms with Crippen LogP contribution in [-0.4, -0.2) is 58.9 Å². The smallest absolute Gasteiger partial charge is 0.155 e. The SMILES string of the molecule is Cl.ON=c1cc(-c2cc3cccn3cn2)oc2cc(OCCN3CCOCC3)ccc12. The van der Waals surface area contributed by atoms with Crippen LogP contribution in [0, 0.1) is 0 Å². The number of nitrogens with zero attached hydrogens (tertiary/aromatic N) is 4. The van der Waals surface area contributed by atoms with Crippen molar-refractivity contribution in [3.63, 3.8) is 0 Å². The molecule has 0 amide bonds. The van der Waals surface area contributed by atoms with Crippen molar-refractivity contribution in [2.75, 3.05) is 39.5 Å². The lowest BCUT2D eigenvalue weighted by atomic mass is 10.2. The summed E-state index contributed by atoms with van der Waals surface area (Å²) in [6, 6.07) is 13.1. The van der Waals surface area contributed by atoms with Gasteiger partial charge in [0.25, 0.3) is 0 Å². The number of hydrogen-bond donors (Lipinski definition) is 1. The lowest BCUT2D eigenvalue weighted by Crippen LogP contribution is -2.38. The largest absolute Gasteiger partial charge is 0.492 e. The predicted octanol–water partition coefficient (Wildman–Crippen LogP) is 3.17. The van der Waals surface area contributed by atoms with Gasteiger partial charge in [0.2, 0.25) is 0 Å². The van der Waals surface area contributed by atoms with Crippen molar-refractivity contribution in [3.8, 4) is 17.2 Å². The maximum absolute atomic E-state index is 9.51. The molecule has 0 spiro atoms. The molecule has 1 N–H and O–H groups in total. The van der Waals surface area contributed by atoms with Crippen LogP contribution in [0.1, 0.15) is 0 Å². The Labute approximate surface area is 184 Å². The van der Waals surface area contributed by atoms with Crippen molar-refractivity contribution < 1.29 is 19.1 Å². The van der Waals surface area contributed by atoms with Crippen LogP contribution in [0.3, 0.4) is 0 Å². The summed E-state index contributed by atoms with van der Waals surface area (Å²) in [7, 11) is 0. The maximum Gasteiger partial charge on any atom is 0.155 e. The molecule has 162 valence electrons. The van der Waals surface area contributed by atoms with Crippen molar-refractivity contribution >= 4 is 28.9 Å². The summed E-state index contributed by atoms with van der Waals surface area (Å²) >= 11 is 0. The number of fused-ring (bicyclic) bond motifs is 2. The average molecular weight is 443 g/mol. The highest BCUT2D eigenvalue weighted by Gasteiger charge is 2.12. The molecule has 0 saturated carbocycles. The Kier molecular flexibility index (Phi) is 6.41. The first-order valence-electron chi connectivity index (χ1n) is 9.92. The Bertz CT molecular complexity index is 1250. The third-order valence-corrected chi connectivity index (χ3v) is 5.27. The Morgan fingerprint density at radius 2 is 2.00 bits per heavy atom. The number of halogens is 1. The molecule has 5 rings (SSSR count). The van der Waals surface area contributed by atoms with Crippen LogP contribution in [0.25, 0.3) is 27.9 Å². The third kappa shape index (κ3) is 4.51. The van der Waals surface area contributed by atoms with Crippen molar-refractivity contribution in [1.82, 2.24) is 14.3 Å². The Hall–Kier alpha value is -3.07. The molecule has 0 unspecified atom stereocenters. The van der Waals surface area contributed by atoms with Crippen molar-refractivity contribution in [2.45, 2.75) is 0 Å². The number of morpholine rings is 1. The van der Waals surface area contributed by atoms with Gasteiger partial charge in [-0.15, -0.1) is 12.4 Å². The van der Waals surface area contributed by atoms with Gasteiger partial charge in [-0.3, -0.25) is 4.90 Å². The van der Waals surface area contributed by atoms with E-state index in [1.165, 1.54) is 0 Å². The first-order chi connectivity index (χ1) is 14.8. The number of aromatic nitrogens is 2. The second kappa shape index (κ2) is 9.38. The second-order valence-corrected chi connectivity index (χ2v) is 7.17. The summed E-state index contributed by atoms with van der Waals surface area (Å²) in [5, 5.41) is 14.1. The van der Waals surface area contributed by atoms with Gasteiger partial charge in [0.05, 0.1) is 19.5 Å². The van der Waals surface area contributed by atoms with E-state index in [0.717, 1.165) is 38.4 Å². The van der Waals surface area contributed by atoms with Gasteiger partial charge in [-0.05, 0) is 30.3 Å². The molecule has 1 fully saturated rings. The third-order valence-electron chi connectivity index (χ3n) is 5.27. The molecule has 31 heavy (non-hydrogen) atoms. The molecule has 0 atom stereocenters. The second-order valence-electron chi connectivity index (χ2n) is 7.17. The molecular weight excluding hydrogens is 420 g/mol. The molecule has 8 nitrogen and oxygen atoms in total. The van der Waals surface area contributed by atoms with E-state index >= 15 is 0 Å². The lowest BCUT2D eigenvalue weighted by molar-refractivity contribution is 0.0322. The van der Waals surface area contributed by atoms with E-state index in [1.54, 1.807) is 12.4 Å². The van der Waals surface area contributed by atoms with Crippen LogP contribution < -0.4 is 10.1 Å². The van der Waals surface area contributed by atoms with Gasteiger partial charge in [-0.2, -0.15) is 0 Å². The van der Waals surface area contributed by atoms with Gasteiger partial charge in [0.15, 0.2) is 5.76 Å². The molecule has 1 saturated heterocycles. The molecule has 4 heterocycles. The summed E-state index contributed by atoms with van der Waals surface area (Å²) in [6.07, 6.45) is 3.66. The van der Waals surface area contributed by atoms with Gasteiger partial charge < -0.3 is 23.5 Å². The fourth-order valence-corrected chi connectivity index (χ4v) is 3.64. The molecule has 9 heteroatoms. The summed E-state index contributed by atoms with van der Waals surface area (Å²) in [5.74, 6) is 1.22. The lowest BCUT2D eigenvalue weighted by Gasteiger charge is -2.26. The molecule has 0 radical (unpaired) electrons. The highest BCUT2D eigenvalue weighted by Crippen LogP contribution is 2.25. The molecule has 4 aromatic rings. The standard InChI is InChI=1S/C22H22N4O4.ClH/c27-24-19-14-22(20-12-16-2-1-5-26(16)15-23-20)30-21-13-17(3-4-18(19)21)29-11-8-25-6-9-28-10-7-25;/h1-5,12-15,27H,6-11H2;1H. The molecule has 1 aromatic carbocycles. The van der Waals surface area contributed by atoms with E-state index in [-0.39, 0.29) is 12.4 Å². The molecular formula is C22H23ClN4O4. The molecule has 0 aliphatic carbocycles. The number of benzene rings is 1. The molecule has 3 aromatic heterocycles. The fraction of sp³-hybridized carbons (Fsp3) is 0.273. The Morgan fingerprint density at radius 3 is 2.84 bits per heavy atom. The van der Waals surface area contributed by atoms with E-state index in [9.17, 15) is 5.21 Å². The van der Waals surface area contributed by atoms with E-state index in [2.05, 4.69) is 15.0 Å². The zero-order chi connectivity index (χ0) is 20.3. The minimum Gasteiger partial charge on any atom is -0.492 e. The zero-order valence-corrected chi connectivity index (χ0v) is 17.6. The number of rotatable bonds is 5. The molecule has 1 aliphatic heterocycles. The highest BCUT2D eigenvalue weighted by molar-refractivity contribution is 5.85. The van der Waals surface area contributed by atoms with E-state index < -0.39 is 0 Å². The van der Waals surface area contributed by atoms with E-state index in [1.807, 2.05) is 47.0 Å². The van der Waals surface area contributed by atoms with Gasteiger partial charge in [-0.25, -0.2) is 4.98 Å². The minimum absolute atomic E-state index is 0. The van der Waals surface area contributed by atoms with Crippen LogP contribution in [-0.2, 0) is 4.74 Å². The quantitative estimate of drug-likeness (QED) is 0.377. The molecule has 0 bridgehead atoms. The first kappa shape index (κ1) is 21.2. The maximum atomic E-state index is 9.51. The zero-order valence-electron chi connectivity index (χ0n) is 16.8. The highest BCUT2D eigenvalue weighted by atomic mass is 35.5. The summed E-state index contributed by atoms with van der Waals surface area (Å²) < 4.78 is 19.3. The van der Waals surface area contributed by atoms with Gasteiger partial charge in [0, 0.05) is 48.9 Å².